The topological polar surface area (TPSA) is 73.2 Å². The number of aliphatic carboxylic acids is 1. The molecule has 5 atom stereocenters. The van der Waals surface area contributed by atoms with E-state index in [2.05, 4.69) is 15.9 Å². The van der Waals surface area contributed by atoms with Crippen LogP contribution < -0.4 is 4.74 Å². The van der Waals surface area contributed by atoms with Gasteiger partial charge in [0, 0.05) is 30.2 Å². The van der Waals surface area contributed by atoms with Crippen LogP contribution in [-0.4, -0.2) is 71.4 Å². The SMILES string of the molecule is COc1cccc2c1[C@H](CO)N1C[C@@H]3C[C@@H](C(=O)O)[C@H]([C@@H]1C2)N3C. The predicted octanol–water partition coefficient (Wildman–Crippen LogP) is 0.742. The molecule has 2 N–H and O–H groups in total. The molecule has 3 heterocycles. The van der Waals surface area contributed by atoms with E-state index >= 15 is 0 Å². The number of aliphatic hydroxyl groups excluding tert-OH is 1. The van der Waals surface area contributed by atoms with Crippen molar-refractivity contribution in [3.63, 3.8) is 0 Å². The van der Waals surface area contributed by atoms with E-state index in [4.69, 9.17) is 4.74 Å². The van der Waals surface area contributed by atoms with Gasteiger partial charge in [-0.05, 0) is 31.5 Å². The number of carboxylic acid groups (broad SMARTS) is 1. The smallest absolute Gasteiger partial charge is 0.308 e. The van der Waals surface area contributed by atoms with E-state index in [0.29, 0.717) is 6.42 Å². The fourth-order valence-electron chi connectivity index (χ4n) is 5.20. The van der Waals surface area contributed by atoms with Crippen molar-refractivity contribution in [2.75, 3.05) is 27.3 Å². The third-order valence-corrected chi connectivity index (χ3v) is 6.26. The average Bonchev–Trinajstić information content (AvgIpc) is 2.79. The van der Waals surface area contributed by atoms with E-state index in [1.54, 1.807) is 7.11 Å². The Kier molecular flexibility index (Phi) is 3.78. The Morgan fingerprint density at radius 1 is 1.42 bits per heavy atom. The molecule has 1 aromatic carbocycles. The minimum atomic E-state index is -0.701. The number of hydrogen-bond donors (Lipinski definition) is 2. The van der Waals surface area contributed by atoms with Gasteiger partial charge in [-0.15, -0.1) is 0 Å². The summed E-state index contributed by atoms with van der Waals surface area (Å²) in [7, 11) is 3.70. The molecule has 2 saturated heterocycles. The molecule has 2 fully saturated rings. The first-order valence-electron chi connectivity index (χ1n) is 8.54. The first-order chi connectivity index (χ1) is 11.6. The summed E-state index contributed by atoms with van der Waals surface area (Å²) in [4.78, 5) is 16.3. The van der Waals surface area contributed by atoms with Gasteiger partial charge in [0.05, 0.1) is 25.7 Å². The molecule has 0 radical (unpaired) electrons. The largest absolute Gasteiger partial charge is 0.496 e. The minimum Gasteiger partial charge on any atom is -0.496 e. The second-order valence-electron chi connectivity index (χ2n) is 7.19. The lowest BCUT2D eigenvalue weighted by atomic mass is 9.81. The quantitative estimate of drug-likeness (QED) is 0.851. The molecule has 0 aromatic heterocycles. The van der Waals surface area contributed by atoms with Crippen molar-refractivity contribution in [2.45, 2.75) is 37.0 Å². The van der Waals surface area contributed by atoms with Crippen LogP contribution in [0.1, 0.15) is 23.6 Å². The summed E-state index contributed by atoms with van der Waals surface area (Å²) < 4.78 is 5.53. The van der Waals surface area contributed by atoms with Crippen LogP contribution in [0.25, 0.3) is 0 Å². The van der Waals surface area contributed by atoms with Gasteiger partial charge in [-0.2, -0.15) is 0 Å². The van der Waals surface area contributed by atoms with E-state index < -0.39 is 5.97 Å². The number of methoxy groups -OCH3 is 1. The van der Waals surface area contributed by atoms with Gasteiger partial charge in [0.2, 0.25) is 0 Å². The molecule has 0 spiro atoms. The second kappa shape index (κ2) is 5.72. The van der Waals surface area contributed by atoms with Crippen molar-refractivity contribution in [1.29, 1.82) is 0 Å². The molecule has 6 nitrogen and oxygen atoms in total. The van der Waals surface area contributed by atoms with Gasteiger partial charge < -0.3 is 14.9 Å². The lowest BCUT2D eigenvalue weighted by Gasteiger charge is -2.52. The van der Waals surface area contributed by atoms with E-state index in [1.807, 2.05) is 19.2 Å². The standard InChI is InChI=1S/C18H24N2O4/c1-19-11-7-12(18(22)23)17(19)13-6-10-4-3-5-15(24-2)16(10)14(9-21)20(13)8-11/h3-5,11-14,17,21H,6-9H2,1-2H3,(H,22,23)/t11-,12+,13-,14-,17+/m0/s1. The Morgan fingerprint density at radius 3 is 2.88 bits per heavy atom. The molecule has 4 rings (SSSR count). The van der Waals surface area contributed by atoms with E-state index in [0.717, 1.165) is 29.8 Å². The molecule has 0 unspecified atom stereocenters. The fourth-order valence-corrected chi connectivity index (χ4v) is 5.20. The first kappa shape index (κ1) is 15.9. The lowest BCUT2D eigenvalue weighted by molar-refractivity contribution is -0.143. The third kappa shape index (κ3) is 2.10. The van der Waals surface area contributed by atoms with Crippen molar-refractivity contribution in [2.24, 2.45) is 5.92 Å². The molecule has 130 valence electrons. The summed E-state index contributed by atoms with van der Waals surface area (Å²) in [5, 5.41) is 19.8. The molecule has 1 aromatic rings. The number of hydrogen-bond acceptors (Lipinski definition) is 5. The molecule has 6 heteroatoms. The summed E-state index contributed by atoms with van der Waals surface area (Å²) in [6, 6.07) is 6.21. The molecule has 0 aliphatic carbocycles. The van der Waals surface area contributed by atoms with E-state index in [-0.39, 0.29) is 36.7 Å². The predicted molar refractivity (Wildman–Crippen MR) is 88.1 cm³/mol. The molecule has 0 saturated carbocycles. The van der Waals surface area contributed by atoms with Crippen LogP contribution in [0.2, 0.25) is 0 Å². The van der Waals surface area contributed by atoms with Crippen molar-refractivity contribution < 1.29 is 19.7 Å². The molecule has 3 aliphatic heterocycles. The van der Waals surface area contributed by atoms with Crippen LogP contribution in [-0.2, 0) is 11.2 Å². The summed E-state index contributed by atoms with van der Waals surface area (Å²) in [5.74, 6) is -0.222. The van der Waals surface area contributed by atoms with Gasteiger partial charge in [-0.1, -0.05) is 12.1 Å². The maximum Gasteiger partial charge on any atom is 0.308 e. The monoisotopic (exact) mass is 332 g/mol. The van der Waals surface area contributed by atoms with Gasteiger partial charge in [0.15, 0.2) is 0 Å². The van der Waals surface area contributed by atoms with Crippen LogP contribution in [0.5, 0.6) is 5.75 Å². The average molecular weight is 332 g/mol. The van der Waals surface area contributed by atoms with Gasteiger partial charge in [0.1, 0.15) is 5.75 Å². The first-order valence-corrected chi connectivity index (χ1v) is 8.54. The molecule has 2 bridgehead atoms. The number of rotatable bonds is 3. The normalized spacial score (nSPS) is 35.4. The number of nitrogens with zero attached hydrogens (tertiary/aromatic N) is 2. The van der Waals surface area contributed by atoms with E-state index in [1.165, 1.54) is 0 Å². The highest BCUT2D eigenvalue weighted by Crippen LogP contribution is 2.47. The summed E-state index contributed by atoms with van der Waals surface area (Å²) in [5.41, 5.74) is 2.23. The number of carboxylic acids is 1. The minimum absolute atomic E-state index is 0.00495. The third-order valence-electron chi connectivity index (χ3n) is 6.26. The van der Waals surface area contributed by atoms with Crippen molar-refractivity contribution in [3.8, 4) is 5.75 Å². The zero-order valence-corrected chi connectivity index (χ0v) is 14.1. The van der Waals surface area contributed by atoms with Crippen LogP contribution in [0.4, 0.5) is 0 Å². The van der Waals surface area contributed by atoms with Crippen LogP contribution in [0.3, 0.4) is 0 Å². The maximum absolute atomic E-state index is 11.7. The molecular weight excluding hydrogens is 308 g/mol. The maximum atomic E-state index is 11.7. The number of aliphatic hydroxyl groups is 1. The van der Waals surface area contributed by atoms with Gasteiger partial charge in [0.25, 0.3) is 0 Å². The highest BCUT2D eigenvalue weighted by molar-refractivity contribution is 5.72. The molecular formula is C18H24N2O4. The van der Waals surface area contributed by atoms with E-state index in [9.17, 15) is 15.0 Å². The second-order valence-corrected chi connectivity index (χ2v) is 7.19. The molecule has 0 amide bonds. The van der Waals surface area contributed by atoms with Gasteiger partial charge in [-0.3, -0.25) is 14.6 Å². The number of piperazine rings is 1. The fraction of sp³-hybridized carbons (Fsp3) is 0.611. The summed E-state index contributed by atoms with van der Waals surface area (Å²) in [6.07, 6.45) is 1.49. The van der Waals surface area contributed by atoms with Crippen LogP contribution >= 0.6 is 0 Å². The van der Waals surface area contributed by atoms with Gasteiger partial charge >= 0.3 is 5.97 Å². The Labute approximate surface area is 141 Å². The van der Waals surface area contributed by atoms with Crippen molar-refractivity contribution in [1.82, 2.24) is 9.80 Å². The van der Waals surface area contributed by atoms with Crippen LogP contribution in [0.15, 0.2) is 18.2 Å². The Hall–Kier alpha value is -1.63. The highest BCUT2D eigenvalue weighted by Gasteiger charge is 2.55. The summed E-state index contributed by atoms with van der Waals surface area (Å²) in [6.45, 7) is 0.814. The number of likely N-dealkylation sites (N-methyl/N-ethyl adjacent to an activating group) is 1. The van der Waals surface area contributed by atoms with Crippen molar-refractivity contribution in [3.05, 3.63) is 29.3 Å². The number of carbonyl (C=O) groups is 1. The molecule has 3 aliphatic rings. The zero-order valence-electron chi connectivity index (χ0n) is 14.1. The molecule has 24 heavy (non-hydrogen) atoms. The number of ether oxygens (including phenoxy) is 1. The Morgan fingerprint density at radius 2 is 2.21 bits per heavy atom. The number of fused-ring (bicyclic) bond motifs is 5. The summed E-state index contributed by atoms with van der Waals surface area (Å²) >= 11 is 0. The Bertz CT molecular complexity index is 664. The zero-order chi connectivity index (χ0) is 17.0. The van der Waals surface area contributed by atoms with Crippen molar-refractivity contribution >= 4 is 5.97 Å². The Balaban J connectivity index is 1.79. The number of benzene rings is 1. The lowest BCUT2D eigenvalue weighted by Crippen LogP contribution is -2.63. The highest BCUT2D eigenvalue weighted by atomic mass is 16.5. The van der Waals surface area contributed by atoms with Gasteiger partial charge in [-0.25, -0.2) is 0 Å². The van der Waals surface area contributed by atoms with Crippen LogP contribution in [0, 0.1) is 5.92 Å².